The second-order valence-corrected chi connectivity index (χ2v) is 6.84. The van der Waals surface area contributed by atoms with Gasteiger partial charge in [-0.15, -0.1) is 0 Å². The second kappa shape index (κ2) is 6.10. The number of carbonyl (C=O) groups excluding carboxylic acids is 2. The Balaban J connectivity index is 2.24. The number of hydrogen-bond donors (Lipinski definition) is 0. The number of aromatic nitrogens is 2. The van der Waals surface area contributed by atoms with Crippen LogP contribution in [0.15, 0.2) is 6.07 Å². The Labute approximate surface area is 132 Å². The highest BCUT2D eigenvalue weighted by molar-refractivity contribution is 5.94. The molecule has 1 aromatic heterocycles. The number of hydrogen-bond acceptors (Lipinski definition) is 3. The highest BCUT2D eigenvalue weighted by Gasteiger charge is 2.33. The topological polar surface area (TPSA) is 58.4 Å². The lowest BCUT2D eigenvalue weighted by molar-refractivity contribution is -0.140. The van der Waals surface area contributed by atoms with Crippen LogP contribution < -0.4 is 0 Å². The van der Waals surface area contributed by atoms with E-state index in [9.17, 15) is 9.59 Å². The van der Waals surface area contributed by atoms with E-state index >= 15 is 0 Å². The zero-order chi connectivity index (χ0) is 16.5. The van der Waals surface area contributed by atoms with E-state index in [4.69, 9.17) is 0 Å². The van der Waals surface area contributed by atoms with Crippen LogP contribution in [0.4, 0.5) is 0 Å². The molecule has 1 fully saturated rings. The SMILES string of the molecule is CCCC(=O)N1CCCN1C(=O)c1cc(C(C)(C)C)nn1C. The summed E-state index contributed by atoms with van der Waals surface area (Å²) in [5.74, 6) is -0.126. The van der Waals surface area contributed by atoms with Gasteiger partial charge in [-0.05, 0) is 18.9 Å². The van der Waals surface area contributed by atoms with Crippen molar-refractivity contribution in [2.45, 2.75) is 52.4 Å². The molecule has 2 heterocycles. The summed E-state index contributed by atoms with van der Waals surface area (Å²) >= 11 is 0. The van der Waals surface area contributed by atoms with Gasteiger partial charge < -0.3 is 0 Å². The minimum Gasteiger partial charge on any atom is -0.273 e. The zero-order valence-electron chi connectivity index (χ0n) is 14.2. The van der Waals surface area contributed by atoms with Crippen molar-refractivity contribution in [2.24, 2.45) is 7.05 Å². The van der Waals surface area contributed by atoms with E-state index in [1.165, 1.54) is 0 Å². The number of rotatable bonds is 3. The van der Waals surface area contributed by atoms with Crippen LogP contribution in [0.25, 0.3) is 0 Å². The van der Waals surface area contributed by atoms with Gasteiger partial charge in [0.05, 0.1) is 5.69 Å². The molecule has 0 unspecified atom stereocenters. The van der Waals surface area contributed by atoms with E-state index in [0.717, 1.165) is 18.5 Å². The van der Waals surface area contributed by atoms with Gasteiger partial charge in [-0.3, -0.25) is 19.3 Å². The van der Waals surface area contributed by atoms with Crippen molar-refractivity contribution in [3.8, 4) is 0 Å². The minimum absolute atomic E-state index is 0.0200. The van der Waals surface area contributed by atoms with Gasteiger partial charge in [0.15, 0.2) is 0 Å². The molecule has 0 N–H and O–H groups in total. The third-order valence-electron chi connectivity index (χ3n) is 3.88. The number of aryl methyl sites for hydroxylation is 1. The van der Waals surface area contributed by atoms with E-state index < -0.39 is 0 Å². The Bertz CT molecular complexity index is 571. The average Bonchev–Trinajstić information content (AvgIpc) is 3.03. The largest absolute Gasteiger partial charge is 0.290 e. The van der Waals surface area contributed by atoms with Crippen LogP contribution in [0.3, 0.4) is 0 Å². The lowest BCUT2D eigenvalue weighted by Gasteiger charge is -2.27. The summed E-state index contributed by atoms with van der Waals surface area (Å²) in [5.41, 5.74) is 1.30. The van der Waals surface area contributed by atoms with Gasteiger partial charge in [-0.2, -0.15) is 5.10 Å². The van der Waals surface area contributed by atoms with Crippen LogP contribution in [0.5, 0.6) is 0 Å². The maximum Gasteiger partial charge on any atom is 0.290 e. The molecule has 0 aromatic carbocycles. The zero-order valence-corrected chi connectivity index (χ0v) is 14.2. The highest BCUT2D eigenvalue weighted by atomic mass is 16.2. The molecule has 0 saturated carbocycles. The van der Waals surface area contributed by atoms with Crippen molar-refractivity contribution in [2.75, 3.05) is 13.1 Å². The van der Waals surface area contributed by atoms with Crippen molar-refractivity contribution in [1.29, 1.82) is 0 Å². The van der Waals surface area contributed by atoms with E-state index in [0.29, 0.717) is 25.2 Å². The molecule has 0 bridgehead atoms. The highest BCUT2D eigenvalue weighted by Crippen LogP contribution is 2.23. The molecule has 1 aliphatic rings. The fourth-order valence-electron chi connectivity index (χ4n) is 2.59. The summed E-state index contributed by atoms with van der Waals surface area (Å²) < 4.78 is 1.61. The molecule has 2 amide bonds. The van der Waals surface area contributed by atoms with Crippen LogP contribution in [0, 0.1) is 0 Å². The molecule has 6 heteroatoms. The molecule has 2 rings (SSSR count). The normalized spacial score (nSPS) is 15.5. The van der Waals surface area contributed by atoms with Crippen LogP contribution in [0.2, 0.25) is 0 Å². The Morgan fingerprint density at radius 2 is 1.86 bits per heavy atom. The van der Waals surface area contributed by atoms with Crippen LogP contribution in [-0.2, 0) is 17.3 Å². The maximum absolute atomic E-state index is 12.8. The van der Waals surface area contributed by atoms with E-state index in [1.807, 2.05) is 13.0 Å². The minimum atomic E-state index is -0.146. The lowest BCUT2D eigenvalue weighted by Crippen LogP contribution is -2.45. The summed E-state index contributed by atoms with van der Waals surface area (Å²) in [6.45, 7) is 9.37. The molecule has 1 saturated heterocycles. The molecule has 0 radical (unpaired) electrons. The smallest absolute Gasteiger partial charge is 0.273 e. The quantitative estimate of drug-likeness (QED) is 0.859. The molecule has 0 spiro atoms. The third-order valence-corrected chi connectivity index (χ3v) is 3.88. The fraction of sp³-hybridized carbons (Fsp3) is 0.688. The summed E-state index contributed by atoms with van der Waals surface area (Å²) in [6, 6.07) is 1.84. The number of hydrazine groups is 1. The predicted octanol–water partition coefficient (Wildman–Crippen LogP) is 2.11. The number of carbonyl (C=O) groups is 2. The van der Waals surface area contributed by atoms with Crippen LogP contribution >= 0.6 is 0 Å². The number of nitrogens with zero attached hydrogens (tertiary/aromatic N) is 4. The summed E-state index contributed by atoms with van der Waals surface area (Å²) in [4.78, 5) is 24.9. The fourth-order valence-corrected chi connectivity index (χ4v) is 2.59. The molecule has 0 atom stereocenters. The average molecular weight is 306 g/mol. The van der Waals surface area contributed by atoms with E-state index in [1.54, 1.807) is 21.7 Å². The molecule has 122 valence electrons. The first kappa shape index (κ1) is 16.5. The summed E-state index contributed by atoms with van der Waals surface area (Å²) in [5, 5.41) is 7.61. The first-order valence-electron chi connectivity index (χ1n) is 7.92. The first-order valence-corrected chi connectivity index (χ1v) is 7.92. The van der Waals surface area contributed by atoms with Gasteiger partial charge >= 0.3 is 0 Å². The standard InChI is InChI=1S/C16H26N4O2/c1-6-8-14(21)19-9-7-10-20(19)15(22)12-11-13(16(2,3)4)17-18(12)5/h11H,6-10H2,1-5H3. The van der Waals surface area contributed by atoms with Gasteiger partial charge in [-0.25, -0.2) is 5.01 Å². The van der Waals surface area contributed by atoms with Gasteiger partial charge in [0.1, 0.15) is 5.69 Å². The lowest BCUT2D eigenvalue weighted by atomic mass is 9.92. The second-order valence-electron chi connectivity index (χ2n) is 6.84. The molecular formula is C16H26N4O2. The van der Waals surface area contributed by atoms with E-state index in [2.05, 4.69) is 25.9 Å². The molecular weight excluding hydrogens is 280 g/mol. The Morgan fingerprint density at radius 1 is 1.23 bits per heavy atom. The molecule has 0 aliphatic carbocycles. The number of amides is 2. The van der Waals surface area contributed by atoms with Gasteiger partial charge in [0.2, 0.25) is 5.91 Å². The van der Waals surface area contributed by atoms with Crippen molar-refractivity contribution >= 4 is 11.8 Å². The summed E-state index contributed by atoms with van der Waals surface area (Å²) in [6.07, 6.45) is 2.09. The summed E-state index contributed by atoms with van der Waals surface area (Å²) in [7, 11) is 1.77. The molecule has 6 nitrogen and oxygen atoms in total. The van der Waals surface area contributed by atoms with Crippen molar-refractivity contribution in [3.63, 3.8) is 0 Å². The maximum atomic E-state index is 12.8. The van der Waals surface area contributed by atoms with Crippen molar-refractivity contribution in [1.82, 2.24) is 19.8 Å². The van der Waals surface area contributed by atoms with Crippen LogP contribution in [-0.4, -0.2) is 44.7 Å². The first-order chi connectivity index (χ1) is 10.3. The van der Waals surface area contributed by atoms with Crippen LogP contribution in [0.1, 0.15) is 63.1 Å². The van der Waals surface area contributed by atoms with Gasteiger partial charge in [0.25, 0.3) is 5.91 Å². The van der Waals surface area contributed by atoms with Gasteiger partial charge in [0, 0.05) is 32.0 Å². The monoisotopic (exact) mass is 306 g/mol. The Kier molecular flexibility index (Phi) is 4.58. The van der Waals surface area contributed by atoms with Crippen molar-refractivity contribution in [3.05, 3.63) is 17.5 Å². The van der Waals surface area contributed by atoms with E-state index in [-0.39, 0.29) is 17.2 Å². The Morgan fingerprint density at radius 3 is 2.41 bits per heavy atom. The molecule has 22 heavy (non-hydrogen) atoms. The Hall–Kier alpha value is -1.85. The van der Waals surface area contributed by atoms with Crippen molar-refractivity contribution < 1.29 is 9.59 Å². The van der Waals surface area contributed by atoms with Gasteiger partial charge in [-0.1, -0.05) is 27.7 Å². The third kappa shape index (κ3) is 3.15. The molecule has 1 aromatic rings. The predicted molar refractivity (Wildman–Crippen MR) is 84.2 cm³/mol. The molecule has 1 aliphatic heterocycles.